The van der Waals surface area contributed by atoms with Crippen molar-refractivity contribution in [2.24, 2.45) is 16.8 Å². The van der Waals surface area contributed by atoms with Crippen LogP contribution < -0.4 is 14.8 Å². The molecule has 0 bridgehead atoms. The molecule has 7 heteroatoms. The Morgan fingerprint density at radius 2 is 2.00 bits per heavy atom. The van der Waals surface area contributed by atoms with Crippen molar-refractivity contribution in [3.8, 4) is 11.5 Å². The van der Waals surface area contributed by atoms with Gasteiger partial charge in [0.05, 0.1) is 12.6 Å². The second-order valence-electron chi connectivity index (χ2n) is 7.61. The number of benzene rings is 1. The number of aliphatic imine (C=N–C) groups is 1. The molecule has 1 saturated carbocycles. The van der Waals surface area contributed by atoms with Gasteiger partial charge in [0, 0.05) is 5.71 Å². The summed E-state index contributed by atoms with van der Waals surface area (Å²) < 4.78 is 16.5. The zero-order valence-electron chi connectivity index (χ0n) is 16.1. The van der Waals surface area contributed by atoms with Gasteiger partial charge < -0.3 is 19.5 Å². The molecule has 7 nitrogen and oxygen atoms in total. The van der Waals surface area contributed by atoms with Crippen molar-refractivity contribution >= 4 is 17.7 Å². The first kappa shape index (κ1) is 18.8. The maximum atomic E-state index is 13.0. The summed E-state index contributed by atoms with van der Waals surface area (Å²) >= 11 is 0. The maximum Gasteiger partial charge on any atom is 0.341 e. The molecule has 1 aliphatic carbocycles. The number of fused-ring (bicyclic) bond motifs is 1. The lowest BCUT2D eigenvalue weighted by Gasteiger charge is -2.31. The highest BCUT2D eigenvalue weighted by atomic mass is 16.7. The summed E-state index contributed by atoms with van der Waals surface area (Å²) in [5.74, 6) is 0.746. The number of rotatable bonds is 5. The molecule has 3 aliphatic rings. The molecule has 1 aromatic rings. The number of nitrogens with zero attached hydrogens (tertiary/aromatic N) is 1. The SMILES string of the molecule is CCC1=NC(=O)NC(c2ccc3c(c2)OCO3)C1C(=O)OCC1CCCCC1. The lowest BCUT2D eigenvalue weighted by atomic mass is 9.86. The maximum absolute atomic E-state index is 13.0. The second-order valence-corrected chi connectivity index (χ2v) is 7.61. The van der Waals surface area contributed by atoms with Crippen LogP contribution in [0.15, 0.2) is 23.2 Å². The Morgan fingerprint density at radius 3 is 2.79 bits per heavy atom. The Labute approximate surface area is 164 Å². The Morgan fingerprint density at radius 1 is 1.21 bits per heavy atom. The van der Waals surface area contributed by atoms with E-state index in [1.807, 2.05) is 19.1 Å². The number of amides is 2. The number of ether oxygens (including phenoxy) is 3. The third kappa shape index (κ3) is 3.84. The molecule has 2 amide bonds. The summed E-state index contributed by atoms with van der Waals surface area (Å²) in [6, 6.07) is 4.49. The first-order valence-electron chi connectivity index (χ1n) is 10.1. The molecule has 0 saturated heterocycles. The van der Waals surface area contributed by atoms with Gasteiger partial charge in [-0.3, -0.25) is 4.79 Å². The van der Waals surface area contributed by atoms with E-state index >= 15 is 0 Å². The fourth-order valence-corrected chi connectivity index (χ4v) is 4.24. The van der Waals surface area contributed by atoms with Crippen LogP contribution in [-0.2, 0) is 9.53 Å². The topological polar surface area (TPSA) is 86.2 Å². The van der Waals surface area contributed by atoms with E-state index in [4.69, 9.17) is 14.2 Å². The summed E-state index contributed by atoms with van der Waals surface area (Å²) in [5.41, 5.74) is 1.33. The first-order chi connectivity index (χ1) is 13.7. The average Bonchev–Trinajstić information content (AvgIpc) is 3.20. The van der Waals surface area contributed by atoms with E-state index in [9.17, 15) is 9.59 Å². The van der Waals surface area contributed by atoms with E-state index in [1.165, 1.54) is 19.3 Å². The minimum absolute atomic E-state index is 0.171. The van der Waals surface area contributed by atoms with Gasteiger partial charge in [-0.2, -0.15) is 0 Å². The van der Waals surface area contributed by atoms with Crippen LogP contribution in [0, 0.1) is 11.8 Å². The molecule has 2 atom stereocenters. The molecule has 4 rings (SSSR count). The molecule has 150 valence electrons. The molecule has 1 aromatic carbocycles. The minimum Gasteiger partial charge on any atom is -0.465 e. The van der Waals surface area contributed by atoms with Crippen molar-refractivity contribution < 1.29 is 23.8 Å². The van der Waals surface area contributed by atoms with Crippen molar-refractivity contribution in [3.63, 3.8) is 0 Å². The second kappa shape index (κ2) is 8.20. The lowest BCUT2D eigenvalue weighted by molar-refractivity contribution is -0.148. The van der Waals surface area contributed by atoms with Crippen molar-refractivity contribution in [2.75, 3.05) is 13.4 Å². The number of carbonyl (C=O) groups is 2. The number of nitrogens with one attached hydrogen (secondary N) is 1. The third-order valence-corrected chi connectivity index (χ3v) is 5.77. The van der Waals surface area contributed by atoms with E-state index < -0.39 is 18.0 Å². The Kier molecular flexibility index (Phi) is 5.50. The van der Waals surface area contributed by atoms with Crippen LogP contribution in [0.1, 0.15) is 57.1 Å². The van der Waals surface area contributed by atoms with Crippen molar-refractivity contribution in [1.29, 1.82) is 0 Å². The van der Waals surface area contributed by atoms with Gasteiger partial charge in [-0.1, -0.05) is 32.3 Å². The largest absolute Gasteiger partial charge is 0.465 e. The smallest absolute Gasteiger partial charge is 0.341 e. The van der Waals surface area contributed by atoms with Crippen LogP contribution in [-0.4, -0.2) is 31.1 Å². The molecule has 2 unspecified atom stereocenters. The molecule has 2 aliphatic heterocycles. The van der Waals surface area contributed by atoms with Gasteiger partial charge in [-0.05, 0) is 42.9 Å². The van der Waals surface area contributed by atoms with E-state index in [1.54, 1.807) is 6.07 Å². The molecular formula is C21H26N2O5. The van der Waals surface area contributed by atoms with Gasteiger partial charge >= 0.3 is 12.0 Å². The van der Waals surface area contributed by atoms with Crippen LogP contribution in [0.5, 0.6) is 11.5 Å². The zero-order valence-corrected chi connectivity index (χ0v) is 16.1. The first-order valence-corrected chi connectivity index (χ1v) is 10.1. The normalized spacial score (nSPS) is 24.5. The molecule has 0 aromatic heterocycles. The van der Waals surface area contributed by atoms with Gasteiger partial charge in [-0.15, -0.1) is 0 Å². The van der Waals surface area contributed by atoms with Gasteiger partial charge in [0.2, 0.25) is 6.79 Å². The number of hydrogen-bond acceptors (Lipinski definition) is 5. The Bertz CT molecular complexity index is 785. The summed E-state index contributed by atoms with van der Waals surface area (Å²) in [6.07, 6.45) is 6.38. The Hall–Kier alpha value is -2.57. The van der Waals surface area contributed by atoms with Crippen LogP contribution in [0.4, 0.5) is 4.79 Å². The van der Waals surface area contributed by atoms with Crippen molar-refractivity contribution in [2.45, 2.75) is 51.5 Å². The summed E-state index contributed by atoms with van der Waals surface area (Å²) in [7, 11) is 0. The zero-order chi connectivity index (χ0) is 19.5. The molecule has 1 N–H and O–H groups in total. The highest BCUT2D eigenvalue weighted by Crippen LogP contribution is 2.37. The van der Waals surface area contributed by atoms with Gasteiger partial charge in [0.15, 0.2) is 11.5 Å². The quantitative estimate of drug-likeness (QED) is 0.779. The van der Waals surface area contributed by atoms with E-state index in [0.717, 1.165) is 18.4 Å². The van der Waals surface area contributed by atoms with Crippen LogP contribution >= 0.6 is 0 Å². The minimum atomic E-state index is -0.633. The predicted molar refractivity (Wildman–Crippen MR) is 103 cm³/mol. The highest BCUT2D eigenvalue weighted by molar-refractivity contribution is 6.09. The van der Waals surface area contributed by atoms with Gasteiger partial charge in [0.1, 0.15) is 5.92 Å². The predicted octanol–water partition coefficient (Wildman–Crippen LogP) is 3.77. The van der Waals surface area contributed by atoms with Gasteiger partial charge in [0.25, 0.3) is 0 Å². The molecule has 0 radical (unpaired) electrons. The monoisotopic (exact) mass is 386 g/mol. The summed E-state index contributed by atoms with van der Waals surface area (Å²) in [5, 5.41) is 2.83. The highest BCUT2D eigenvalue weighted by Gasteiger charge is 2.39. The molecule has 0 spiro atoms. The Balaban J connectivity index is 1.55. The standard InChI is InChI=1S/C21H26N2O5/c1-2-15-18(20(24)26-11-13-6-4-3-5-7-13)19(23-21(25)22-15)14-8-9-16-17(10-14)28-12-27-16/h8-10,13,18-19H,2-7,11-12H2,1H3,(H,23,25). The number of esters is 1. The van der Waals surface area contributed by atoms with Crippen molar-refractivity contribution in [1.82, 2.24) is 5.32 Å². The summed E-state index contributed by atoms with van der Waals surface area (Å²) in [6.45, 7) is 2.51. The third-order valence-electron chi connectivity index (χ3n) is 5.77. The number of carbonyl (C=O) groups excluding carboxylic acids is 2. The molecule has 28 heavy (non-hydrogen) atoms. The van der Waals surface area contributed by atoms with Gasteiger partial charge in [-0.25, -0.2) is 9.79 Å². The molecule has 1 fully saturated rings. The number of hydrogen-bond donors (Lipinski definition) is 1. The fourth-order valence-electron chi connectivity index (χ4n) is 4.24. The van der Waals surface area contributed by atoms with Crippen LogP contribution in [0.3, 0.4) is 0 Å². The van der Waals surface area contributed by atoms with E-state index in [0.29, 0.717) is 36.2 Å². The van der Waals surface area contributed by atoms with E-state index in [-0.39, 0.29) is 12.8 Å². The number of urea groups is 1. The summed E-state index contributed by atoms with van der Waals surface area (Å²) in [4.78, 5) is 29.2. The van der Waals surface area contributed by atoms with Crippen LogP contribution in [0.2, 0.25) is 0 Å². The van der Waals surface area contributed by atoms with Crippen molar-refractivity contribution in [3.05, 3.63) is 23.8 Å². The molecule has 2 heterocycles. The lowest BCUT2D eigenvalue weighted by Crippen LogP contribution is -2.45. The van der Waals surface area contributed by atoms with E-state index in [2.05, 4.69) is 10.3 Å². The fraction of sp³-hybridized carbons (Fsp3) is 0.571. The average molecular weight is 386 g/mol. The van der Waals surface area contributed by atoms with Crippen LogP contribution in [0.25, 0.3) is 0 Å². The molecular weight excluding hydrogens is 360 g/mol.